The molecule has 2 rings (SSSR count). The molecule has 0 unspecified atom stereocenters. The molecule has 1 N–H and O–H groups in total. The van der Waals surface area contributed by atoms with Gasteiger partial charge >= 0.3 is 0 Å². The SMILES string of the molecule is CNCc1cccc(Cl)c1Sc1cc(Cl)ccc1Cl. The summed E-state index contributed by atoms with van der Waals surface area (Å²) in [5.41, 5.74) is 1.14. The van der Waals surface area contributed by atoms with Crippen molar-refractivity contribution < 1.29 is 0 Å². The van der Waals surface area contributed by atoms with E-state index in [-0.39, 0.29) is 0 Å². The van der Waals surface area contributed by atoms with Gasteiger partial charge in [-0.2, -0.15) is 0 Å². The fourth-order valence-electron chi connectivity index (χ4n) is 1.66. The number of hydrogen-bond acceptors (Lipinski definition) is 2. The molecule has 100 valence electrons. The van der Waals surface area contributed by atoms with Gasteiger partial charge in [-0.25, -0.2) is 0 Å². The van der Waals surface area contributed by atoms with Crippen LogP contribution in [-0.4, -0.2) is 7.05 Å². The molecule has 19 heavy (non-hydrogen) atoms. The van der Waals surface area contributed by atoms with Crippen LogP contribution in [0.15, 0.2) is 46.2 Å². The molecule has 0 aliphatic carbocycles. The Bertz CT molecular complexity index is 587. The second-order valence-corrected chi connectivity index (χ2v) is 6.24. The Balaban J connectivity index is 2.39. The van der Waals surface area contributed by atoms with E-state index in [1.807, 2.05) is 31.3 Å². The highest BCUT2D eigenvalue weighted by molar-refractivity contribution is 7.99. The van der Waals surface area contributed by atoms with Crippen LogP contribution in [0, 0.1) is 0 Å². The molecular formula is C14H12Cl3NS. The van der Waals surface area contributed by atoms with Crippen LogP contribution in [0.2, 0.25) is 15.1 Å². The van der Waals surface area contributed by atoms with E-state index in [9.17, 15) is 0 Å². The lowest BCUT2D eigenvalue weighted by atomic mass is 10.2. The summed E-state index contributed by atoms with van der Waals surface area (Å²) in [4.78, 5) is 1.90. The quantitative estimate of drug-likeness (QED) is 0.791. The molecule has 0 amide bonds. The molecule has 0 fully saturated rings. The molecule has 0 aromatic heterocycles. The lowest BCUT2D eigenvalue weighted by molar-refractivity contribution is 0.803. The zero-order chi connectivity index (χ0) is 13.8. The Kier molecular flexibility index (Phi) is 5.43. The summed E-state index contributed by atoms with van der Waals surface area (Å²) in [5.74, 6) is 0. The van der Waals surface area contributed by atoms with Gasteiger partial charge in [0, 0.05) is 21.4 Å². The molecule has 0 bridgehead atoms. The summed E-state index contributed by atoms with van der Waals surface area (Å²) < 4.78 is 0. The van der Waals surface area contributed by atoms with Crippen molar-refractivity contribution in [2.24, 2.45) is 0 Å². The lowest BCUT2D eigenvalue weighted by Gasteiger charge is -2.12. The minimum atomic E-state index is 0.661. The maximum Gasteiger partial charge on any atom is 0.0548 e. The topological polar surface area (TPSA) is 12.0 Å². The van der Waals surface area contributed by atoms with Gasteiger partial charge in [-0.15, -0.1) is 0 Å². The first-order valence-electron chi connectivity index (χ1n) is 5.66. The summed E-state index contributed by atoms with van der Waals surface area (Å²) in [5, 5.41) is 5.18. The van der Waals surface area contributed by atoms with E-state index < -0.39 is 0 Å². The van der Waals surface area contributed by atoms with Crippen LogP contribution in [0.4, 0.5) is 0 Å². The van der Waals surface area contributed by atoms with Gasteiger partial charge in [0.05, 0.1) is 10.0 Å². The van der Waals surface area contributed by atoms with Crippen molar-refractivity contribution in [1.29, 1.82) is 0 Å². The lowest BCUT2D eigenvalue weighted by Crippen LogP contribution is -2.06. The Morgan fingerprint density at radius 1 is 1.05 bits per heavy atom. The number of benzene rings is 2. The van der Waals surface area contributed by atoms with Crippen molar-refractivity contribution in [3.8, 4) is 0 Å². The number of hydrogen-bond donors (Lipinski definition) is 1. The normalized spacial score (nSPS) is 10.7. The highest BCUT2D eigenvalue weighted by Crippen LogP contribution is 2.40. The van der Waals surface area contributed by atoms with E-state index in [2.05, 4.69) is 5.32 Å². The summed E-state index contributed by atoms with van der Waals surface area (Å²) in [7, 11) is 1.90. The Labute approximate surface area is 132 Å². The van der Waals surface area contributed by atoms with E-state index >= 15 is 0 Å². The molecule has 0 spiro atoms. The van der Waals surface area contributed by atoms with Gasteiger partial charge in [0.15, 0.2) is 0 Å². The molecule has 2 aromatic rings. The van der Waals surface area contributed by atoms with Crippen molar-refractivity contribution >= 4 is 46.6 Å². The third-order valence-corrected chi connectivity index (χ3v) is 4.87. The molecule has 2 aromatic carbocycles. The van der Waals surface area contributed by atoms with Crippen molar-refractivity contribution in [3.63, 3.8) is 0 Å². The number of halogens is 3. The molecule has 0 saturated carbocycles. The molecule has 0 atom stereocenters. The summed E-state index contributed by atoms with van der Waals surface area (Å²) in [6, 6.07) is 11.3. The van der Waals surface area contributed by atoms with Gasteiger partial charge in [-0.3, -0.25) is 0 Å². The smallest absolute Gasteiger partial charge is 0.0548 e. The Hall–Kier alpha value is -0.380. The van der Waals surface area contributed by atoms with Crippen LogP contribution in [-0.2, 0) is 6.54 Å². The predicted octanol–water partition coefficient (Wildman–Crippen LogP) is 5.52. The van der Waals surface area contributed by atoms with Gasteiger partial charge in [0.1, 0.15) is 0 Å². The molecule has 0 aliphatic rings. The Morgan fingerprint density at radius 2 is 1.84 bits per heavy atom. The maximum atomic E-state index is 6.28. The molecular weight excluding hydrogens is 321 g/mol. The molecule has 0 radical (unpaired) electrons. The van der Waals surface area contributed by atoms with E-state index in [4.69, 9.17) is 34.8 Å². The first-order valence-corrected chi connectivity index (χ1v) is 7.61. The van der Waals surface area contributed by atoms with Gasteiger partial charge in [-0.05, 0) is 36.9 Å². The van der Waals surface area contributed by atoms with Crippen LogP contribution >= 0.6 is 46.6 Å². The largest absolute Gasteiger partial charge is 0.316 e. The average Bonchev–Trinajstić information content (AvgIpc) is 2.38. The molecule has 0 saturated heterocycles. The first kappa shape index (κ1) is 15.0. The van der Waals surface area contributed by atoms with Crippen molar-refractivity contribution in [1.82, 2.24) is 5.32 Å². The predicted molar refractivity (Wildman–Crippen MR) is 84.8 cm³/mol. The van der Waals surface area contributed by atoms with E-state index in [0.717, 1.165) is 21.9 Å². The monoisotopic (exact) mass is 331 g/mol. The highest BCUT2D eigenvalue weighted by Gasteiger charge is 2.11. The Morgan fingerprint density at radius 3 is 2.58 bits per heavy atom. The average molecular weight is 333 g/mol. The van der Waals surface area contributed by atoms with E-state index in [1.54, 1.807) is 12.1 Å². The number of rotatable bonds is 4. The minimum absolute atomic E-state index is 0.661. The summed E-state index contributed by atoms with van der Waals surface area (Å²) in [6.07, 6.45) is 0. The maximum absolute atomic E-state index is 6.28. The van der Waals surface area contributed by atoms with Crippen LogP contribution in [0.25, 0.3) is 0 Å². The fraction of sp³-hybridized carbons (Fsp3) is 0.143. The van der Waals surface area contributed by atoms with Crippen molar-refractivity contribution in [2.45, 2.75) is 16.3 Å². The standard InChI is InChI=1S/C14H12Cl3NS/c1-18-8-9-3-2-4-12(17)14(9)19-13-7-10(15)5-6-11(13)16/h2-7,18H,8H2,1H3. The molecule has 5 heteroatoms. The highest BCUT2D eigenvalue weighted by atomic mass is 35.5. The van der Waals surface area contributed by atoms with E-state index in [0.29, 0.717) is 15.1 Å². The third-order valence-electron chi connectivity index (χ3n) is 2.52. The first-order chi connectivity index (χ1) is 9.11. The third kappa shape index (κ3) is 3.80. The van der Waals surface area contributed by atoms with Crippen LogP contribution in [0.1, 0.15) is 5.56 Å². The van der Waals surface area contributed by atoms with E-state index in [1.165, 1.54) is 11.8 Å². The van der Waals surface area contributed by atoms with Gasteiger partial charge < -0.3 is 5.32 Å². The van der Waals surface area contributed by atoms with Gasteiger partial charge in [-0.1, -0.05) is 58.7 Å². The van der Waals surface area contributed by atoms with Crippen molar-refractivity contribution in [3.05, 3.63) is 57.0 Å². The summed E-state index contributed by atoms with van der Waals surface area (Å²) in [6.45, 7) is 0.751. The number of nitrogens with one attached hydrogen (secondary N) is 1. The van der Waals surface area contributed by atoms with Crippen molar-refractivity contribution in [2.75, 3.05) is 7.05 Å². The summed E-state index contributed by atoms with van der Waals surface area (Å²) >= 11 is 20.0. The fourth-order valence-corrected chi connectivity index (χ4v) is 3.45. The molecule has 0 heterocycles. The van der Waals surface area contributed by atoms with Crippen LogP contribution in [0.5, 0.6) is 0 Å². The van der Waals surface area contributed by atoms with Crippen LogP contribution in [0.3, 0.4) is 0 Å². The zero-order valence-electron chi connectivity index (χ0n) is 10.2. The zero-order valence-corrected chi connectivity index (χ0v) is 13.3. The second kappa shape index (κ2) is 6.87. The molecule has 0 aliphatic heterocycles. The van der Waals surface area contributed by atoms with Gasteiger partial charge in [0.25, 0.3) is 0 Å². The molecule has 1 nitrogen and oxygen atoms in total. The van der Waals surface area contributed by atoms with Gasteiger partial charge in [0.2, 0.25) is 0 Å². The second-order valence-electron chi connectivity index (χ2n) is 3.94. The minimum Gasteiger partial charge on any atom is -0.316 e. The van der Waals surface area contributed by atoms with Crippen LogP contribution < -0.4 is 5.32 Å².